The molecule has 0 aliphatic rings. The van der Waals surface area contributed by atoms with E-state index in [4.69, 9.17) is 16.7 Å². The third kappa shape index (κ3) is 6.54. The molecule has 0 aliphatic carbocycles. The van der Waals surface area contributed by atoms with Gasteiger partial charge in [-0.1, -0.05) is 47.9 Å². The minimum absolute atomic E-state index is 0.0388. The van der Waals surface area contributed by atoms with E-state index in [1.54, 1.807) is 52.7 Å². The lowest BCUT2D eigenvalue weighted by Gasteiger charge is -2.06. The first-order valence-electron chi connectivity index (χ1n) is 12.1. The van der Waals surface area contributed by atoms with Crippen molar-refractivity contribution >= 4 is 57.6 Å². The summed E-state index contributed by atoms with van der Waals surface area (Å²) in [4.78, 5) is 24.4. The number of para-hydroxylation sites is 1. The number of aromatic hydroxyl groups is 1. The second kappa shape index (κ2) is 12.6. The summed E-state index contributed by atoms with van der Waals surface area (Å²) < 4.78 is 1.77. The minimum atomic E-state index is -0.929. The van der Waals surface area contributed by atoms with Gasteiger partial charge in [-0.15, -0.1) is 16.9 Å². The molecule has 0 fully saturated rings. The number of anilines is 1. The summed E-state index contributed by atoms with van der Waals surface area (Å²) in [5, 5.41) is 31.5. The number of azo groups is 1. The van der Waals surface area contributed by atoms with Gasteiger partial charge in [0.1, 0.15) is 0 Å². The predicted molar refractivity (Wildman–Crippen MR) is 151 cm³/mol. The van der Waals surface area contributed by atoms with Gasteiger partial charge in [0.05, 0.1) is 21.8 Å². The standard InChI is InChI=1S/C28H27ClN4O4S/c1-2-15-33-24-14-13-20(38-16-5-6-18-9-11-19(12-10-18)27(35)36)17-21(24)25(26(33)34)31-32-28(37)30-23-8-4-3-7-22(23)29/h3-4,7-14,17,34H,2,5-6,15-16H2,1H3,(H,30,37)(H,35,36). The number of urea groups is 1. The van der Waals surface area contributed by atoms with Crippen molar-refractivity contribution in [2.24, 2.45) is 10.2 Å². The largest absolute Gasteiger partial charge is 0.493 e. The molecule has 0 atom stereocenters. The fourth-order valence-electron chi connectivity index (χ4n) is 4.02. The number of aromatic carboxylic acids is 1. The number of halogens is 1. The Morgan fingerprint density at radius 3 is 2.55 bits per heavy atom. The molecule has 0 radical (unpaired) electrons. The van der Waals surface area contributed by atoms with Crippen LogP contribution in [0.25, 0.3) is 10.9 Å². The molecule has 0 spiro atoms. The highest BCUT2D eigenvalue weighted by molar-refractivity contribution is 7.99. The molecule has 1 aromatic heterocycles. The molecule has 3 N–H and O–H groups in total. The Bertz CT molecular complexity index is 1480. The van der Waals surface area contributed by atoms with Crippen LogP contribution in [-0.2, 0) is 13.0 Å². The minimum Gasteiger partial charge on any atom is -0.493 e. The number of rotatable bonds is 10. The van der Waals surface area contributed by atoms with Gasteiger partial charge in [0, 0.05) is 16.8 Å². The second-order valence-corrected chi connectivity index (χ2v) is 10.1. The Kier molecular flexibility index (Phi) is 9.04. The van der Waals surface area contributed by atoms with Crippen LogP contribution in [0.3, 0.4) is 0 Å². The number of hydrogen-bond acceptors (Lipinski definition) is 5. The number of carbonyl (C=O) groups is 2. The molecular weight excluding hydrogens is 524 g/mol. The quantitative estimate of drug-likeness (QED) is 0.105. The van der Waals surface area contributed by atoms with E-state index < -0.39 is 12.0 Å². The van der Waals surface area contributed by atoms with E-state index in [1.807, 2.05) is 37.3 Å². The first-order chi connectivity index (χ1) is 18.4. The molecule has 1 heterocycles. The van der Waals surface area contributed by atoms with E-state index in [0.717, 1.165) is 41.0 Å². The number of aromatic nitrogens is 1. The maximum atomic E-state index is 12.4. The van der Waals surface area contributed by atoms with Crippen LogP contribution in [0.5, 0.6) is 5.88 Å². The van der Waals surface area contributed by atoms with Crippen LogP contribution in [0, 0.1) is 0 Å². The molecule has 0 saturated carbocycles. The number of benzene rings is 3. The maximum Gasteiger partial charge on any atom is 0.364 e. The molecule has 0 aliphatic heterocycles. The molecule has 38 heavy (non-hydrogen) atoms. The number of nitrogens with zero attached hydrogens (tertiary/aromatic N) is 3. The van der Waals surface area contributed by atoms with Crippen molar-refractivity contribution in [3.63, 3.8) is 0 Å². The van der Waals surface area contributed by atoms with Crippen molar-refractivity contribution < 1.29 is 19.8 Å². The summed E-state index contributed by atoms with van der Waals surface area (Å²) >= 11 is 7.77. The Hall–Kier alpha value is -3.82. The Morgan fingerprint density at radius 2 is 1.84 bits per heavy atom. The molecule has 8 nitrogen and oxygen atoms in total. The van der Waals surface area contributed by atoms with Gasteiger partial charge in [-0.3, -0.25) is 0 Å². The van der Waals surface area contributed by atoms with Crippen LogP contribution in [0.2, 0.25) is 5.02 Å². The van der Waals surface area contributed by atoms with Gasteiger partial charge in [0.2, 0.25) is 5.88 Å². The van der Waals surface area contributed by atoms with Crippen LogP contribution < -0.4 is 5.32 Å². The molecule has 4 rings (SSSR count). The predicted octanol–water partition coefficient (Wildman–Crippen LogP) is 8.15. The van der Waals surface area contributed by atoms with Crippen LogP contribution in [0.15, 0.2) is 81.9 Å². The SMILES string of the molecule is CCCn1c(O)c(N=NC(=O)Nc2ccccc2Cl)c2cc(SCCCc3ccc(C(=O)O)cc3)ccc21. The summed E-state index contributed by atoms with van der Waals surface area (Å²) in [5.41, 5.74) is 2.85. The Morgan fingerprint density at radius 1 is 1.08 bits per heavy atom. The average Bonchev–Trinajstić information content (AvgIpc) is 3.17. The van der Waals surface area contributed by atoms with Crippen molar-refractivity contribution in [1.82, 2.24) is 4.57 Å². The summed E-state index contributed by atoms with van der Waals surface area (Å²) in [6.45, 7) is 2.61. The van der Waals surface area contributed by atoms with E-state index in [9.17, 15) is 14.7 Å². The number of carboxylic acid groups (broad SMARTS) is 1. The number of amides is 2. The highest BCUT2D eigenvalue weighted by atomic mass is 35.5. The molecule has 3 aromatic carbocycles. The average molecular weight is 551 g/mol. The first kappa shape index (κ1) is 27.2. The van der Waals surface area contributed by atoms with Gasteiger partial charge in [0.25, 0.3) is 0 Å². The molecular formula is C28H27ClN4O4S. The van der Waals surface area contributed by atoms with Crippen molar-refractivity contribution in [3.8, 4) is 5.88 Å². The molecule has 0 unspecified atom stereocenters. The number of carbonyl (C=O) groups excluding carboxylic acids is 1. The number of hydrogen-bond donors (Lipinski definition) is 3. The lowest BCUT2D eigenvalue weighted by Crippen LogP contribution is -2.05. The van der Waals surface area contributed by atoms with Crippen LogP contribution in [-0.4, -0.2) is 32.5 Å². The first-order valence-corrected chi connectivity index (χ1v) is 13.5. The van der Waals surface area contributed by atoms with E-state index >= 15 is 0 Å². The highest BCUT2D eigenvalue weighted by Crippen LogP contribution is 2.41. The molecule has 2 amide bonds. The number of carboxylic acids is 1. The zero-order chi connectivity index (χ0) is 27.1. The van der Waals surface area contributed by atoms with Crippen molar-refractivity contribution in [2.75, 3.05) is 11.1 Å². The molecule has 196 valence electrons. The normalized spacial score (nSPS) is 11.3. The number of thioether (sulfide) groups is 1. The second-order valence-electron chi connectivity index (χ2n) is 8.57. The third-order valence-electron chi connectivity index (χ3n) is 5.86. The fourth-order valence-corrected chi connectivity index (χ4v) is 5.09. The third-order valence-corrected chi connectivity index (χ3v) is 7.27. The van der Waals surface area contributed by atoms with Gasteiger partial charge >= 0.3 is 12.0 Å². The van der Waals surface area contributed by atoms with Crippen molar-refractivity contribution in [2.45, 2.75) is 37.6 Å². The van der Waals surface area contributed by atoms with Crippen molar-refractivity contribution in [1.29, 1.82) is 0 Å². The van der Waals surface area contributed by atoms with Gasteiger partial charge in [-0.2, -0.15) is 0 Å². The number of aryl methyl sites for hydroxylation is 2. The Balaban J connectivity index is 1.47. The zero-order valence-corrected chi connectivity index (χ0v) is 22.3. The molecule has 0 saturated heterocycles. The number of fused-ring (bicyclic) bond motifs is 1. The van der Waals surface area contributed by atoms with E-state index in [-0.39, 0.29) is 17.1 Å². The fraction of sp³-hybridized carbons (Fsp3) is 0.214. The monoisotopic (exact) mass is 550 g/mol. The van der Waals surface area contributed by atoms with Gasteiger partial charge < -0.3 is 20.1 Å². The summed E-state index contributed by atoms with van der Waals surface area (Å²) in [6.07, 6.45) is 2.56. The van der Waals surface area contributed by atoms with E-state index in [0.29, 0.717) is 22.6 Å². The maximum absolute atomic E-state index is 12.4. The van der Waals surface area contributed by atoms with Crippen LogP contribution >= 0.6 is 23.4 Å². The van der Waals surface area contributed by atoms with Gasteiger partial charge in [-0.25, -0.2) is 9.59 Å². The summed E-state index contributed by atoms with van der Waals surface area (Å²) in [6, 6.07) is 19.0. The molecule has 0 bridgehead atoms. The van der Waals surface area contributed by atoms with Crippen LogP contribution in [0.4, 0.5) is 16.2 Å². The van der Waals surface area contributed by atoms with Gasteiger partial charge in [0.15, 0.2) is 5.69 Å². The van der Waals surface area contributed by atoms with E-state index in [2.05, 4.69) is 15.5 Å². The van der Waals surface area contributed by atoms with Crippen molar-refractivity contribution in [3.05, 3.63) is 82.9 Å². The lowest BCUT2D eigenvalue weighted by atomic mass is 10.1. The lowest BCUT2D eigenvalue weighted by molar-refractivity contribution is 0.0697. The smallest absolute Gasteiger partial charge is 0.364 e. The topological polar surface area (TPSA) is 116 Å². The van der Waals surface area contributed by atoms with E-state index in [1.165, 1.54) is 0 Å². The summed E-state index contributed by atoms with van der Waals surface area (Å²) in [7, 11) is 0. The zero-order valence-electron chi connectivity index (χ0n) is 20.7. The highest BCUT2D eigenvalue weighted by Gasteiger charge is 2.17. The van der Waals surface area contributed by atoms with Gasteiger partial charge in [-0.05, 0) is 73.0 Å². The molecule has 4 aromatic rings. The number of nitrogens with one attached hydrogen (secondary N) is 1. The summed E-state index contributed by atoms with van der Waals surface area (Å²) in [5.74, 6) is -0.116. The molecule has 10 heteroatoms. The van der Waals surface area contributed by atoms with Crippen LogP contribution in [0.1, 0.15) is 35.7 Å². The Labute approximate surface area is 229 Å².